The van der Waals surface area contributed by atoms with E-state index in [9.17, 15) is 32.8 Å². The Bertz CT molecular complexity index is 966. The first-order chi connectivity index (χ1) is 16.4. The average molecular weight is 497 g/mol. The molecule has 0 fully saturated rings. The first-order valence-corrected chi connectivity index (χ1v) is 10.8. The van der Waals surface area contributed by atoms with Crippen LogP contribution in [0, 0.1) is 17.6 Å². The van der Waals surface area contributed by atoms with Crippen LogP contribution < -0.4 is 16.0 Å². The molecule has 1 aromatic rings. The highest BCUT2D eigenvalue weighted by atomic mass is 19.2. The van der Waals surface area contributed by atoms with E-state index >= 15 is 0 Å². The first-order valence-electron chi connectivity index (χ1n) is 10.8. The van der Waals surface area contributed by atoms with Crippen LogP contribution >= 0.6 is 0 Å². The SMILES string of the molecule is CCOC(=O)C(CCC(=O)O)NC(=O)C(NC(=O)CNC(=O)/C=C/c1ccc(F)c(F)c1)C(C)C. The van der Waals surface area contributed by atoms with Crippen molar-refractivity contribution in [2.45, 2.75) is 45.7 Å². The summed E-state index contributed by atoms with van der Waals surface area (Å²) in [5.74, 6) is -6.57. The number of carbonyl (C=O) groups is 5. The lowest BCUT2D eigenvalue weighted by atomic mass is 10.0. The predicted molar refractivity (Wildman–Crippen MR) is 121 cm³/mol. The van der Waals surface area contributed by atoms with Gasteiger partial charge in [0.2, 0.25) is 17.7 Å². The van der Waals surface area contributed by atoms with Crippen LogP contribution in [0.2, 0.25) is 0 Å². The molecule has 0 aliphatic heterocycles. The van der Waals surface area contributed by atoms with Gasteiger partial charge in [0.1, 0.15) is 12.1 Å². The fraction of sp³-hybridized carbons (Fsp3) is 0.435. The quantitative estimate of drug-likeness (QED) is 0.236. The first kappa shape index (κ1) is 29.2. The zero-order valence-corrected chi connectivity index (χ0v) is 19.6. The summed E-state index contributed by atoms with van der Waals surface area (Å²) in [6.45, 7) is 4.39. The maximum absolute atomic E-state index is 13.2. The predicted octanol–water partition coefficient (Wildman–Crippen LogP) is 1.15. The van der Waals surface area contributed by atoms with Crippen molar-refractivity contribution in [1.29, 1.82) is 0 Å². The number of rotatable bonds is 13. The third-order valence-electron chi connectivity index (χ3n) is 4.59. The number of hydrogen-bond acceptors (Lipinski definition) is 6. The second kappa shape index (κ2) is 14.4. The van der Waals surface area contributed by atoms with Gasteiger partial charge < -0.3 is 25.8 Å². The molecule has 3 amide bonds. The lowest BCUT2D eigenvalue weighted by molar-refractivity contribution is -0.148. The van der Waals surface area contributed by atoms with Crippen molar-refractivity contribution in [2.24, 2.45) is 5.92 Å². The monoisotopic (exact) mass is 497 g/mol. The van der Waals surface area contributed by atoms with Crippen LogP contribution in [-0.2, 0) is 28.7 Å². The van der Waals surface area contributed by atoms with Crippen LogP contribution in [0.25, 0.3) is 6.08 Å². The maximum atomic E-state index is 13.2. The van der Waals surface area contributed by atoms with Crippen molar-refractivity contribution in [2.75, 3.05) is 13.2 Å². The minimum Gasteiger partial charge on any atom is -0.481 e. The molecule has 0 spiro atoms. The highest BCUT2D eigenvalue weighted by Gasteiger charge is 2.29. The van der Waals surface area contributed by atoms with Gasteiger partial charge in [-0.05, 0) is 43.0 Å². The number of ether oxygens (including phenoxy) is 1. The number of hydrogen-bond donors (Lipinski definition) is 4. The third kappa shape index (κ3) is 10.8. The Morgan fingerprint density at radius 1 is 1.09 bits per heavy atom. The zero-order valence-electron chi connectivity index (χ0n) is 19.6. The Morgan fingerprint density at radius 2 is 1.77 bits per heavy atom. The number of halogens is 2. The molecule has 35 heavy (non-hydrogen) atoms. The molecule has 0 saturated carbocycles. The van der Waals surface area contributed by atoms with Crippen LogP contribution in [0.5, 0.6) is 0 Å². The minimum atomic E-state index is -1.21. The summed E-state index contributed by atoms with van der Waals surface area (Å²) in [5, 5.41) is 16.0. The number of amides is 3. The second-order valence-electron chi connectivity index (χ2n) is 7.76. The van der Waals surface area contributed by atoms with E-state index < -0.39 is 65.8 Å². The third-order valence-corrected chi connectivity index (χ3v) is 4.59. The van der Waals surface area contributed by atoms with Gasteiger partial charge in [-0.3, -0.25) is 19.2 Å². The maximum Gasteiger partial charge on any atom is 0.328 e. The summed E-state index contributed by atoms with van der Waals surface area (Å²) in [6, 6.07) is 0.779. The molecule has 12 heteroatoms. The summed E-state index contributed by atoms with van der Waals surface area (Å²) in [4.78, 5) is 59.8. The van der Waals surface area contributed by atoms with Crippen molar-refractivity contribution in [3.8, 4) is 0 Å². The normalized spacial score (nSPS) is 12.6. The molecular weight excluding hydrogens is 468 g/mol. The molecule has 2 unspecified atom stereocenters. The van der Waals surface area contributed by atoms with Crippen LogP contribution in [0.4, 0.5) is 8.78 Å². The standard InChI is InChI=1S/C23H29F2N3O7/c1-4-35-23(34)17(8-10-20(31)32)27-22(33)21(13(2)3)28-19(30)12-26-18(29)9-6-14-5-7-15(24)16(25)11-14/h5-7,9,11,13,17,21H,4,8,10,12H2,1-3H3,(H,26,29)(H,27,33)(H,28,30)(H,31,32)/b9-6+. The fourth-order valence-electron chi connectivity index (χ4n) is 2.79. The molecule has 2 atom stereocenters. The van der Waals surface area contributed by atoms with Gasteiger partial charge in [-0.15, -0.1) is 0 Å². The van der Waals surface area contributed by atoms with Crippen molar-refractivity contribution in [1.82, 2.24) is 16.0 Å². The average Bonchev–Trinajstić information content (AvgIpc) is 2.79. The Labute approximate surface area is 201 Å². The number of carboxylic acid groups (broad SMARTS) is 1. The van der Waals surface area contributed by atoms with Crippen LogP contribution in [0.1, 0.15) is 39.2 Å². The van der Waals surface area contributed by atoms with E-state index in [0.29, 0.717) is 0 Å². The highest BCUT2D eigenvalue weighted by molar-refractivity contribution is 5.95. The molecule has 10 nitrogen and oxygen atoms in total. The molecule has 0 aromatic heterocycles. The number of carbonyl (C=O) groups excluding carboxylic acids is 4. The van der Waals surface area contributed by atoms with E-state index in [1.54, 1.807) is 20.8 Å². The Kier molecular flexibility index (Phi) is 12.0. The molecule has 0 aliphatic rings. The van der Waals surface area contributed by atoms with Crippen LogP contribution in [0.3, 0.4) is 0 Å². The summed E-state index contributed by atoms with van der Waals surface area (Å²) in [7, 11) is 0. The van der Waals surface area contributed by atoms with E-state index in [1.807, 2.05) is 0 Å². The Balaban J connectivity index is 2.69. The van der Waals surface area contributed by atoms with Crippen molar-refractivity contribution in [3.05, 3.63) is 41.5 Å². The van der Waals surface area contributed by atoms with Gasteiger partial charge in [-0.2, -0.15) is 0 Å². The van der Waals surface area contributed by atoms with Gasteiger partial charge in [0.25, 0.3) is 0 Å². The van der Waals surface area contributed by atoms with Gasteiger partial charge >= 0.3 is 11.9 Å². The highest BCUT2D eigenvalue weighted by Crippen LogP contribution is 2.10. The number of benzene rings is 1. The summed E-state index contributed by atoms with van der Waals surface area (Å²) in [5.41, 5.74) is 0.235. The van der Waals surface area contributed by atoms with E-state index in [2.05, 4.69) is 16.0 Å². The molecule has 4 N–H and O–H groups in total. The lowest BCUT2D eigenvalue weighted by Crippen LogP contribution is -2.55. The van der Waals surface area contributed by atoms with Gasteiger partial charge in [-0.1, -0.05) is 19.9 Å². The van der Waals surface area contributed by atoms with Gasteiger partial charge in [-0.25, -0.2) is 13.6 Å². The molecule has 0 aliphatic carbocycles. The number of nitrogens with one attached hydrogen (secondary N) is 3. The van der Waals surface area contributed by atoms with Crippen LogP contribution in [-0.4, -0.2) is 60.0 Å². The smallest absolute Gasteiger partial charge is 0.328 e. The number of carboxylic acids is 1. The van der Waals surface area contributed by atoms with Crippen molar-refractivity contribution < 1.29 is 42.6 Å². The van der Waals surface area contributed by atoms with Gasteiger partial charge in [0, 0.05) is 12.5 Å². The van der Waals surface area contributed by atoms with E-state index in [4.69, 9.17) is 9.84 Å². The van der Waals surface area contributed by atoms with E-state index in [0.717, 1.165) is 18.2 Å². The topological polar surface area (TPSA) is 151 Å². The van der Waals surface area contributed by atoms with Gasteiger partial charge in [0.05, 0.1) is 13.2 Å². The lowest BCUT2D eigenvalue weighted by Gasteiger charge is -2.24. The molecular formula is C23H29F2N3O7. The Morgan fingerprint density at radius 3 is 2.34 bits per heavy atom. The second-order valence-corrected chi connectivity index (χ2v) is 7.76. The summed E-state index contributed by atoms with van der Waals surface area (Å²) < 4.78 is 31.0. The summed E-state index contributed by atoms with van der Waals surface area (Å²) in [6.07, 6.45) is 1.68. The van der Waals surface area contributed by atoms with Gasteiger partial charge in [0.15, 0.2) is 11.6 Å². The van der Waals surface area contributed by atoms with E-state index in [1.165, 1.54) is 12.1 Å². The molecule has 0 radical (unpaired) electrons. The number of esters is 1. The van der Waals surface area contributed by atoms with Crippen molar-refractivity contribution in [3.63, 3.8) is 0 Å². The number of aliphatic carboxylic acids is 1. The van der Waals surface area contributed by atoms with Crippen LogP contribution in [0.15, 0.2) is 24.3 Å². The molecule has 0 saturated heterocycles. The Hall–Kier alpha value is -3.83. The molecule has 1 aromatic carbocycles. The minimum absolute atomic E-state index is 0.0346. The van der Waals surface area contributed by atoms with E-state index in [-0.39, 0.29) is 25.0 Å². The van der Waals surface area contributed by atoms with Crippen molar-refractivity contribution >= 4 is 35.7 Å². The molecule has 0 bridgehead atoms. The largest absolute Gasteiger partial charge is 0.481 e. The summed E-state index contributed by atoms with van der Waals surface area (Å²) >= 11 is 0. The zero-order chi connectivity index (χ0) is 26.5. The fourth-order valence-corrected chi connectivity index (χ4v) is 2.79. The molecule has 0 heterocycles. The molecule has 1 rings (SSSR count). The molecule has 192 valence electrons.